The Morgan fingerprint density at radius 1 is 1.00 bits per heavy atom. The van der Waals surface area contributed by atoms with Crippen LogP contribution in [0.2, 0.25) is 0 Å². The molecule has 112 valence electrons. The van der Waals surface area contributed by atoms with Gasteiger partial charge in [0.1, 0.15) is 11.6 Å². The minimum atomic E-state index is -0.483. The minimum Gasteiger partial charge on any atom is -0.497 e. The largest absolute Gasteiger partial charge is 0.497 e. The molecule has 22 heavy (non-hydrogen) atoms. The molecule has 0 radical (unpaired) electrons. The molecule has 1 aromatic carbocycles. The summed E-state index contributed by atoms with van der Waals surface area (Å²) >= 11 is 0. The summed E-state index contributed by atoms with van der Waals surface area (Å²) in [5, 5.41) is 0.789. The predicted molar refractivity (Wildman–Crippen MR) is 80.6 cm³/mol. The molecule has 0 fully saturated rings. The number of halogens is 1. The monoisotopic (exact) mass is 299 g/mol. The number of rotatable bonds is 3. The molecule has 3 aromatic rings. The van der Waals surface area contributed by atoms with E-state index < -0.39 is 5.82 Å². The minimum absolute atomic E-state index is 0.108. The van der Waals surface area contributed by atoms with E-state index >= 15 is 0 Å². The summed E-state index contributed by atoms with van der Waals surface area (Å²) in [6.45, 7) is 1.81. The molecule has 0 spiro atoms. The lowest BCUT2D eigenvalue weighted by atomic mass is 10.1. The molecular formula is C16H14FN3O2. The SMILES string of the molecule is COc1cc(OC)c(F)c(-c2cc3cnc(C)nc3cn2)c1. The molecule has 2 heterocycles. The predicted octanol–water partition coefficient (Wildman–Crippen LogP) is 3.16. The van der Waals surface area contributed by atoms with E-state index in [1.54, 1.807) is 31.5 Å². The lowest BCUT2D eigenvalue weighted by molar-refractivity contribution is 0.375. The second-order valence-corrected chi connectivity index (χ2v) is 4.74. The first-order valence-corrected chi connectivity index (χ1v) is 6.63. The topological polar surface area (TPSA) is 57.1 Å². The van der Waals surface area contributed by atoms with Crippen molar-refractivity contribution >= 4 is 10.9 Å². The van der Waals surface area contributed by atoms with Crippen molar-refractivity contribution in [2.24, 2.45) is 0 Å². The summed E-state index contributed by atoms with van der Waals surface area (Å²) in [5.74, 6) is 0.783. The summed E-state index contributed by atoms with van der Waals surface area (Å²) in [5.41, 5.74) is 1.49. The number of ether oxygens (including phenoxy) is 2. The Hall–Kier alpha value is -2.76. The summed E-state index contributed by atoms with van der Waals surface area (Å²) in [6.07, 6.45) is 3.29. The Morgan fingerprint density at radius 2 is 1.82 bits per heavy atom. The molecule has 0 aliphatic rings. The van der Waals surface area contributed by atoms with Gasteiger partial charge in [-0.3, -0.25) is 4.98 Å². The first kappa shape index (κ1) is 14.2. The Bertz CT molecular complexity index is 852. The van der Waals surface area contributed by atoms with E-state index in [-0.39, 0.29) is 5.75 Å². The molecule has 3 rings (SSSR count). The standard InChI is InChI=1S/C16H14FN3O2/c1-9-18-7-10-4-13(19-8-14(10)20-9)12-5-11(21-2)6-15(22-3)16(12)17/h4-8H,1-3H3. The number of benzene rings is 1. The van der Waals surface area contributed by atoms with Gasteiger partial charge in [0.15, 0.2) is 11.6 Å². The van der Waals surface area contributed by atoms with Crippen molar-refractivity contribution in [3.8, 4) is 22.8 Å². The molecule has 0 bridgehead atoms. The first-order valence-electron chi connectivity index (χ1n) is 6.63. The molecule has 0 aliphatic carbocycles. The Balaban J connectivity index is 2.20. The average Bonchev–Trinajstić information content (AvgIpc) is 2.54. The van der Waals surface area contributed by atoms with Crippen molar-refractivity contribution in [2.45, 2.75) is 6.92 Å². The maximum atomic E-state index is 14.5. The van der Waals surface area contributed by atoms with Crippen LogP contribution in [0.3, 0.4) is 0 Å². The molecule has 5 nitrogen and oxygen atoms in total. The molecule has 0 saturated carbocycles. The van der Waals surface area contributed by atoms with Crippen molar-refractivity contribution < 1.29 is 13.9 Å². The molecule has 6 heteroatoms. The number of hydrogen-bond donors (Lipinski definition) is 0. The highest BCUT2D eigenvalue weighted by Crippen LogP contribution is 2.33. The van der Waals surface area contributed by atoms with E-state index in [9.17, 15) is 4.39 Å². The van der Waals surface area contributed by atoms with Crippen molar-refractivity contribution in [3.63, 3.8) is 0 Å². The van der Waals surface area contributed by atoms with E-state index in [4.69, 9.17) is 9.47 Å². The van der Waals surface area contributed by atoms with Gasteiger partial charge in [-0.15, -0.1) is 0 Å². The third kappa shape index (κ3) is 2.43. The van der Waals surface area contributed by atoms with Gasteiger partial charge in [-0.1, -0.05) is 0 Å². The van der Waals surface area contributed by atoms with E-state index in [1.165, 1.54) is 20.3 Å². The van der Waals surface area contributed by atoms with Crippen LogP contribution in [0.4, 0.5) is 4.39 Å². The van der Waals surface area contributed by atoms with Crippen LogP contribution in [-0.2, 0) is 0 Å². The van der Waals surface area contributed by atoms with Gasteiger partial charge in [0.05, 0.1) is 31.6 Å². The second kappa shape index (κ2) is 5.55. The zero-order chi connectivity index (χ0) is 15.7. The van der Waals surface area contributed by atoms with E-state index in [1.807, 2.05) is 0 Å². The molecule has 0 amide bonds. The quantitative estimate of drug-likeness (QED) is 0.743. The van der Waals surface area contributed by atoms with E-state index in [0.29, 0.717) is 28.3 Å². The van der Waals surface area contributed by atoms with Gasteiger partial charge in [-0.25, -0.2) is 14.4 Å². The first-order chi connectivity index (χ1) is 10.6. The van der Waals surface area contributed by atoms with Gasteiger partial charge in [-0.05, 0) is 19.1 Å². The van der Waals surface area contributed by atoms with Crippen molar-refractivity contribution in [1.82, 2.24) is 15.0 Å². The maximum absolute atomic E-state index is 14.5. The zero-order valence-corrected chi connectivity index (χ0v) is 12.4. The number of fused-ring (bicyclic) bond motifs is 1. The molecule has 0 N–H and O–H groups in total. The lowest BCUT2D eigenvalue weighted by Gasteiger charge is -2.10. The summed E-state index contributed by atoms with van der Waals surface area (Å²) in [7, 11) is 2.92. The summed E-state index contributed by atoms with van der Waals surface area (Å²) < 4.78 is 24.7. The number of nitrogens with zero attached hydrogens (tertiary/aromatic N) is 3. The molecule has 2 aromatic heterocycles. The van der Waals surface area contributed by atoms with Crippen LogP contribution in [0.5, 0.6) is 11.5 Å². The van der Waals surface area contributed by atoms with Crippen molar-refractivity contribution in [3.05, 3.63) is 42.2 Å². The second-order valence-electron chi connectivity index (χ2n) is 4.74. The van der Waals surface area contributed by atoms with Gasteiger partial charge in [0.25, 0.3) is 0 Å². The van der Waals surface area contributed by atoms with Crippen LogP contribution in [0.1, 0.15) is 5.82 Å². The van der Waals surface area contributed by atoms with Gasteiger partial charge in [-0.2, -0.15) is 0 Å². The van der Waals surface area contributed by atoms with Crippen molar-refractivity contribution in [1.29, 1.82) is 0 Å². The fourth-order valence-corrected chi connectivity index (χ4v) is 2.20. The van der Waals surface area contributed by atoms with Crippen LogP contribution >= 0.6 is 0 Å². The number of methoxy groups -OCH3 is 2. The van der Waals surface area contributed by atoms with Crippen LogP contribution in [0, 0.1) is 12.7 Å². The molecule has 0 saturated heterocycles. The molecule has 0 aliphatic heterocycles. The van der Waals surface area contributed by atoms with Crippen LogP contribution < -0.4 is 9.47 Å². The summed E-state index contributed by atoms with van der Waals surface area (Å²) in [6, 6.07) is 4.82. The highest BCUT2D eigenvalue weighted by atomic mass is 19.1. The molecule has 0 unspecified atom stereocenters. The molecule has 0 atom stereocenters. The fraction of sp³-hybridized carbons (Fsp3) is 0.188. The van der Waals surface area contributed by atoms with Crippen molar-refractivity contribution in [2.75, 3.05) is 14.2 Å². The van der Waals surface area contributed by atoms with E-state index in [2.05, 4.69) is 15.0 Å². The van der Waals surface area contributed by atoms with Gasteiger partial charge < -0.3 is 9.47 Å². The smallest absolute Gasteiger partial charge is 0.174 e. The highest BCUT2D eigenvalue weighted by Gasteiger charge is 2.15. The number of pyridine rings is 1. The summed E-state index contributed by atoms with van der Waals surface area (Å²) in [4.78, 5) is 12.7. The highest BCUT2D eigenvalue weighted by molar-refractivity contribution is 5.82. The average molecular weight is 299 g/mol. The normalized spacial score (nSPS) is 10.7. The Morgan fingerprint density at radius 3 is 2.55 bits per heavy atom. The van der Waals surface area contributed by atoms with Crippen LogP contribution in [-0.4, -0.2) is 29.2 Å². The zero-order valence-electron chi connectivity index (χ0n) is 12.4. The number of aromatic nitrogens is 3. The number of aryl methyl sites for hydroxylation is 1. The van der Waals surface area contributed by atoms with Gasteiger partial charge in [0.2, 0.25) is 0 Å². The van der Waals surface area contributed by atoms with E-state index in [0.717, 1.165) is 5.39 Å². The van der Waals surface area contributed by atoms with Crippen LogP contribution in [0.25, 0.3) is 22.2 Å². The molecular weight excluding hydrogens is 285 g/mol. The van der Waals surface area contributed by atoms with Crippen LogP contribution in [0.15, 0.2) is 30.6 Å². The lowest BCUT2D eigenvalue weighted by Crippen LogP contribution is -1.96. The maximum Gasteiger partial charge on any atom is 0.174 e. The van der Waals surface area contributed by atoms with Gasteiger partial charge >= 0.3 is 0 Å². The third-order valence-corrected chi connectivity index (χ3v) is 3.33. The Kier molecular flexibility index (Phi) is 3.58. The third-order valence-electron chi connectivity index (χ3n) is 3.33. The number of hydrogen-bond acceptors (Lipinski definition) is 5. The fourth-order valence-electron chi connectivity index (χ4n) is 2.20. The van der Waals surface area contributed by atoms with Gasteiger partial charge in [0, 0.05) is 23.2 Å². The Labute approximate surface area is 126 Å².